The lowest BCUT2D eigenvalue weighted by atomic mass is 9.32. The second-order valence-corrected chi connectivity index (χ2v) is 16.7. The third-order valence-corrected chi connectivity index (χ3v) is 15.3. The predicted molar refractivity (Wildman–Crippen MR) is 165 cm³/mol. The molecule has 238 valence electrons. The molecule has 0 aromatic rings. The van der Waals surface area contributed by atoms with Crippen LogP contribution in [0.5, 0.6) is 0 Å². The summed E-state index contributed by atoms with van der Waals surface area (Å²) in [5.41, 5.74) is 0.886. The zero-order valence-electron chi connectivity index (χ0n) is 27.3. The van der Waals surface area contributed by atoms with Gasteiger partial charge < -0.3 is 19.7 Å². The molecule has 0 aromatic carbocycles. The van der Waals surface area contributed by atoms with Crippen molar-refractivity contribution in [1.29, 1.82) is 0 Å². The monoisotopic (exact) mass is 585 g/mol. The van der Waals surface area contributed by atoms with Crippen molar-refractivity contribution >= 4 is 5.97 Å². The summed E-state index contributed by atoms with van der Waals surface area (Å²) in [5.74, 6) is 2.16. The van der Waals surface area contributed by atoms with Crippen molar-refractivity contribution in [2.24, 2.45) is 56.7 Å². The molecule has 6 aliphatic rings. The first-order valence-corrected chi connectivity index (χ1v) is 17.3. The summed E-state index contributed by atoms with van der Waals surface area (Å²) in [7, 11) is 0. The van der Waals surface area contributed by atoms with Gasteiger partial charge in [-0.1, -0.05) is 39.8 Å². The molecule has 0 bridgehead atoms. The fourth-order valence-corrected chi connectivity index (χ4v) is 12.8. The van der Waals surface area contributed by atoms with Gasteiger partial charge in [0.2, 0.25) is 0 Å². The van der Waals surface area contributed by atoms with Crippen LogP contribution in [-0.2, 0) is 14.3 Å². The number of aliphatic hydroxyl groups is 2. The van der Waals surface area contributed by atoms with Crippen molar-refractivity contribution in [3.8, 4) is 0 Å². The van der Waals surface area contributed by atoms with Gasteiger partial charge in [0.1, 0.15) is 6.61 Å². The first-order valence-electron chi connectivity index (χ1n) is 17.3. The summed E-state index contributed by atoms with van der Waals surface area (Å²) in [5, 5.41) is 21.6. The van der Waals surface area contributed by atoms with Crippen molar-refractivity contribution in [1.82, 2.24) is 4.90 Å². The number of hydrogen-bond donors (Lipinski definition) is 2. The molecule has 0 amide bonds. The lowest BCUT2D eigenvalue weighted by molar-refractivity contribution is -0.254. The molecular formula is C36H59NO5. The summed E-state index contributed by atoms with van der Waals surface area (Å²) in [6.07, 6.45) is 9.99. The number of ether oxygens (including phenoxy) is 2. The zero-order chi connectivity index (χ0) is 30.1. The van der Waals surface area contributed by atoms with Crippen molar-refractivity contribution < 1.29 is 24.5 Å². The summed E-state index contributed by atoms with van der Waals surface area (Å²) < 4.78 is 11.7. The molecule has 2 N–H and O–H groups in total. The SMILES string of the molecule is C=C(C)[C@@H]1CC[C@]2(C(=O)OCCN3CCOCC3)CC[C@]3(C)C(CCC4[C@@]5(C)CC[C@H](O)[C@@](C)(CO)C5CC[C@]43C)C12. The number of carbonyl (C=O) groups excluding carboxylic acids is 1. The van der Waals surface area contributed by atoms with Crippen LogP contribution in [0, 0.1) is 56.7 Å². The highest BCUT2D eigenvalue weighted by molar-refractivity contribution is 5.78. The van der Waals surface area contributed by atoms with Crippen LogP contribution in [0.1, 0.15) is 98.8 Å². The van der Waals surface area contributed by atoms with Gasteiger partial charge in [-0.15, -0.1) is 0 Å². The Morgan fingerprint density at radius 2 is 1.67 bits per heavy atom. The maximum Gasteiger partial charge on any atom is 0.312 e. The molecular weight excluding hydrogens is 526 g/mol. The van der Waals surface area contributed by atoms with Crippen molar-refractivity contribution in [3.63, 3.8) is 0 Å². The summed E-state index contributed by atoms with van der Waals surface area (Å²) in [6.45, 7) is 21.2. The quantitative estimate of drug-likeness (QED) is 0.301. The molecule has 5 saturated carbocycles. The minimum absolute atomic E-state index is 0.0643. The first kappa shape index (κ1) is 31.0. The van der Waals surface area contributed by atoms with Gasteiger partial charge in [-0.2, -0.15) is 0 Å². The molecule has 1 heterocycles. The molecule has 0 radical (unpaired) electrons. The predicted octanol–water partition coefficient (Wildman–Crippen LogP) is 5.85. The van der Waals surface area contributed by atoms with Crippen LogP contribution in [0.3, 0.4) is 0 Å². The maximum absolute atomic E-state index is 14.2. The number of rotatable bonds is 6. The topological polar surface area (TPSA) is 79.2 Å². The van der Waals surface area contributed by atoms with Crippen LogP contribution in [-0.4, -0.2) is 73.2 Å². The van der Waals surface area contributed by atoms with E-state index >= 15 is 0 Å². The number of morpholine rings is 1. The highest BCUT2D eigenvalue weighted by Gasteiger charge is 2.72. The van der Waals surface area contributed by atoms with Crippen LogP contribution >= 0.6 is 0 Å². The maximum atomic E-state index is 14.2. The van der Waals surface area contributed by atoms with Gasteiger partial charge in [0.15, 0.2) is 0 Å². The number of nitrogens with zero attached hydrogens (tertiary/aromatic N) is 1. The van der Waals surface area contributed by atoms with E-state index in [2.05, 4.69) is 46.1 Å². The molecule has 6 nitrogen and oxygen atoms in total. The fraction of sp³-hybridized carbons (Fsp3) is 0.917. The summed E-state index contributed by atoms with van der Waals surface area (Å²) in [6, 6.07) is 0. The van der Waals surface area contributed by atoms with E-state index < -0.39 is 11.5 Å². The molecule has 11 atom stereocenters. The van der Waals surface area contributed by atoms with Crippen molar-refractivity contribution in [2.75, 3.05) is 46.1 Å². The van der Waals surface area contributed by atoms with Gasteiger partial charge in [-0.3, -0.25) is 9.69 Å². The van der Waals surface area contributed by atoms with Gasteiger partial charge in [0, 0.05) is 25.0 Å². The highest BCUT2D eigenvalue weighted by Crippen LogP contribution is 2.77. The van der Waals surface area contributed by atoms with E-state index in [4.69, 9.17) is 9.47 Å². The Morgan fingerprint density at radius 3 is 2.36 bits per heavy atom. The van der Waals surface area contributed by atoms with Gasteiger partial charge in [0.25, 0.3) is 0 Å². The number of fused-ring (bicyclic) bond motifs is 7. The van der Waals surface area contributed by atoms with Crippen LogP contribution in [0.25, 0.3) is 0 Å². The Labute approximate surface area is 255 Å². The summed E-state index contributed by atoms with van der Waals surface area (Å²) >= 11 is 0. The molecule has 0 spiro atoms. The highest BCUT2D eigenvalue weighted by atomic mass is 16.5. The number of hydrogen-bond acceptors (Lipinski definition) is 6. The van der Waals surface area contributed by atoms with E-state index in [0.717, 1.165) is 90.6 Å². The number of esters is 1. The van der Waals surface area contributed by atoms with E-state index in [9.17, 15) is 15.0 Å². The molecule has 6 fully saturated rings. The Bertz CT molecular complexity index is 1060. The van der Waals surface area contributed by atoms with E-state index in [-0.39, 0.29) is 34.2 Å². The molecule has 1 aliphatic heterocycles. The Morgan fingerprint density at radius 1 is 0.929 bits per heavy atom. The van der Waals surface area contributed by atoms with Crippen LogP contribution in [0.2, 0.25) is 0 Å². The van der Waals surface area contributed by atoms with E-state index in [1.165, 1.54) is 12.0 Å². The summed E-state index contributed by atoms with van der Waals surface area (Å²) in [4.78, 5) is 16.5. The normalized spacial score (nSPS) is 50.6. The minimum atomic E-state index is -0.421. The van der Waals surface area contributed by atoms with Crippen molar-refractivity contribution in [2.45, 2.75) is 105 Å². The average molecular weight is 586 g/mol. The molecule has 1 saturated heterocycles. The zero-order valence-corrected chi connectivity index (χ0v) is 27.3. The Kier molecular flexibility index (Phi) is 8.02. The molecule has 6 rings (SSSR count). The fourth-order valence-electron chi connectivity index (χ4n) is 12.8. The van der Waals surface area contributed by atoms with Crippen LogP contribution < -0.4 is 0 Å². The lowest BCUT2D eigenvalue weighted by Gasteiger charge is -2.72. The molecule has 4 unspecified atom stereocenters. The third kappa shape index (κ3) is 4.27. The van der Waals surface area contributed by atoms with Crippen LogP contribution in [0.4, 0.5) is 0 Å². The average Bonchev–Trinajstić information content (AvgIpc) is 3.37. The Balaban J connectivity index is 1.28. The second-order valence-electron chi connectivity index (χ2n) is 16.7. The third-order valence-electron chi connectivity index (χ3n) is 15.3. The van der Waals surface area contributed by atoms with E-state index in [1.54, 1.807) is 0 Å². The van der Waals surface area contributed by atoms with Crippen LogP contribution in [0.15, 0.2) is 12.2 Å². The van der Waals surface area contributed by atoms with E-state index in [0.29, 0.717) is 36.2 Å². The molecule has 5 aliphatic carbocycles. The van der Waals surface area contributed by atoms with Crippen molar-refractivity contribution in [3.05, 3.63) is 12.2 Å². The number of carbonyl (C=O) groups is 1. The Hall–Kier alpha value is -0.950. The smallest absolute Gasteiger partial charge is 0.312 e. The number of allylic oxidation sites excluding steroid dienone is 1. The minimum Gasteiger partial charge on any atom is -0.464 e. The van der Waals surface area contributed by atoms with Gasteiger partial charge in [-0.05, 0) is 117 Å². The molecule has 6 heteroatoms. The first-order chi connectivity index (χ1) is 19.9. The standard InChI is InChI=1S/C36H59NO5/c1-24(2)25-9-14-36(31(40)42-22-19-37-17-20-41-21-18-37)16-15-34(5)26(30(25)36)7-8-28-32(3)12-11-29(39)33(4,23-38)27(32)10-13-35(28,34)6/h25-30,38-39H,1,7-23H2,2-6H3/t25-,26?,27?,28?,29-,30?,32-,33-,34+,35+,36-/m0/s1. The van der Waals surface area contributed by atoms with Gasteiger partial charge >= 0.3 is 5.97 Å². The number of aliphatic hydroxyl groups excluding tert-OH is 2. The van der Waals surface area contributed by atoms with E-state index in [1.807, 2.05) is 0 Å². The molecule has 0 aromatic heterocycles. The lowest BCUT2D eigenvalue weighted by Crippen LogP contribution is -2.67. The van der Waals surface area contributed by atoms with Gasteiger partial charge in [-0.25, -0.2) is 0 Å². The second kappa shape index (κ2) is 10.8. The largest absolute Gasteiger partial charge is 0.464 e. The van der Waals surface area contributed by atoms with Gasteiger partial charge in [0.05, 0.1) is 31.3 Å². The molecule has 42 heavy (non-hydrogen) atoms.